The molecule has 5 aliphatic rings. The van der Waals surface area contributed by atoms with E-state index in [1.807, 2.05) is 68.7 Å². The van der Waals surface area contributed by atoms with Crippen LogP contribution in [0.25, 0.3) is 55.2 Å². The van der Waals surface area contributed by atoms with Crippen LogP contribution in [0.15, 0.2) is 147 Å². The highest BCUT2D eigenvalue weighted by molar-refractivity contribution is 7.99. The van der Waals surface area contributed by atoms with Gasteiger partial charge in [-0.3, -0.25) is 29.9 Å². The number of imidazole rings is 5. The van der Waals surface area contributed by atoms with Crippen molar-refractivity contribution in [2.45, 2.75) is 141 Å². The number of hydrogen-bond acceptors (Lipinski definition) is 28. The van der Waals surface area contributed by atoms with Gasteiger partial charge >= 0.3 is 0 Å². The molecule has 0 unspecified atom stereocenters. The quantitative estimate of drug-likeness (QED) is 0.0206. The van der Waals surface area contributed by atoms with Crippen molar-refractivity contribution < 1.29 is 56.8 Å². The van der Waals surface area contributed by atoms with Crippen molar-refractivity contribution in [2.75, 3.05) is 95.0 Å². The molecule has 10 aromatic heterocycles. The number of hydrogen-bond donors (Lipinski definition) is 5. The zero-order valence-corrected chi connectivity index (χ0v) is 76.3. The zero-order chi connectivity index (χ0) is 87.0. The summed E-state index contributed by atoms with van der Waals surface area (Å²) in [5, 5.41) is 4.43. The second-order valence-corrected chi connectivity index (χ2v) is 34.8. The molecule has 126 heavy (non-hydrogen) atoms. The maximum Gasteiger partial charge on any atom is 0.183 e. The summed E-state index contributed by atoms with van der Waals surface area (Å²) >= 11 is 8.18. The highest BCUT2D eigenvalue weighted by Gasteiger charge is 2.24. The van der Waals surface area contributed by atoms with Crippen molar-refractivity contribution >= 4 is 120 Å². The lowest BCUT2D eigenvalue weighted by Gasteiger charge is -2.11. The Morgan fingerprint density at radius 3 is 1.13 bits per heavy atom. The fraction of sp³-hybridized carbons (Fsp3) is 0.344. The van der Waals surface area contributed by atoms with E-state index >= 15 is 0 Å². The van der Waals surface area contributed by atoms with Crippen molar-refractivity contribution in [1.29, 1.82) is 0 Å². The Labute approximate surface area is 751 Å². The molecular formula is C93H100N16O12S5. The van der Waals surface area contributed by atoms with Crippen molar-refractivity contribution in [3.8, 4) is 57.5 Å². The maximum atomic E-state index is 5.86. The van der Waals surface area contributed by atoms with E-state index in [4.69, 9.17) is 61.8 Å². The van der Waals surface area contributed by atoms with Crippen LogP contribution in [-0.2, 0) is 70.5 Å². The Morgan fingerprint density at radius 2 is 0.738 bits per heavy atom. The first-order chi connectivity index (χ1) is 61.7. The molecule has 654 valence electrons. The molecular weight excluding hydrogens is 1690 g/mol. The molecule has 0 atom stereocenters. The molecule has 0 saturated heterocycles. The summed E-state index contributed by atoms with van der Waals surface area (Å²) < 4.78 is 66.1. The van der Waals surface area contributed by atoms with Gasteiger partial charge < -0.3 is 81.8 Å². The summed E-state index contributed by atoms with van der Waals surface area (Å²) in [6, 6.07) is 28.4. The summed E-state index contributed by atoms with van der Waals surface area (Å²) in [6.45, 7) is 19.4. The van der Waals surface area contributed by atoms with Crippen molar-refractivity contribution in [3.63, 3.8) is 0 Å². The van der Waals surface area contributed by atoms with Crippen molar-refractivity contribution in [2.24, 2.45) is 4.99 Å². The van der Waals surface area contributed by atoms with Crippen LogP contribution in [-0.4, -0.2) is 176 Å². The van der Waals surface area contributed by atoms with Crippen LogP contribution in [0.5, 0.6) is 57.5 Å². The van der Waals surface area contributed by atoms with E-state index in [0.29, 0.717) is 50.3 Å². The van der Waals surface area contributed by atoms with E-state index in [1.165, 1.54) is 27.8 Å². The smallest absolute Gasteiger partial charge is 0.183 e. The molecule has 20 rings (SSSR count). The number of aliphatic imine (C=N–C) groups is 1. The van der Waals surface area contributed by atoms with Crippen LogP contribution in [0.3, 0.4) is 0 Å². The molecule has 0 saturated carbocycles. The Hall–Kier alpha value is -11.5. The molecule has 0 radical (unpaired) electrons. The van der Waals surface area contributed by atoms with E-state index < -0.39 is 0 Å². The Balaban J connectivity index is 0.000000116. The van der Waals surface area contributed by atoms with Gasteiger partial charge in [0.15, 0.2) is 37.3 Å². The third kappa shape index (κ3) is 20.9. The molecule has 5 aliphatic heterocycles. The molecule has 0 fully saturated rings. The number of methoxy groups -OCH3 is 5. The number of aryl methyl sites for hydroxylation is 1. The normalized spacial score (nSPS) is 12.9. The first kappa shape index (κ1) is 88.0. The molecule has 28 nitrogen and oxygen atoms in total. The number of fused-ring (bicyclic) bond motifs is 11. The molecule has 5 aromatic carbocycles. The molecule has 5 N–H and O–H groups in total. The molecule has 0 spiro atoms. The minimum atomic E-state index is 0.635. The Bertz CT molecular complexity index is 6230. The molecule has 33 heteroatoms. The number of nitrogens with one attached hydrogen (secondary N) is 5. The number of nitrogens with zero attached hydrogens (tertiary/aromatic N) is 11. The monoisotopic (exact) mass is 1790 g/mol. The third-order valence-electron chi connectivity index (χ3n) is 21.8. The van der Waals surface area contributed by atoms with Gasteiger partial charge in [-0.2, -0.15) is 0 Å². The van der Waals surface area contributed by atoms with E-state index in [0.717, 1.165) is 283 Å². The number of aromatic nitrogens is 15. The highest BCUT2D eigenvalue weighted by atomic mass is 32.2. The average molecular weight is 1790 g/mol. The summed E-state index contributed by atoms with van der Waals surface area (Å²) in [6.07, 6.45) is 16.5. The summed E-state index contributed by atoms with van der Waals surface area (Å²) in [5.41, 5.74) is 27.7. The van der Waals surface area contributed by atoms with Gasteiger partial charge in [-0.1, -0.05) is 64.9 Å². The van der Waals surface area contributed by atoms with Gasteiger partial charge in [-0.05, 0) is 118 Å². The summed E-state index contributed by atoms with van der Waals surface area (Å²) in [5.74, 6) is 12.4. The zero-order valence-electron chi connectivity index (χ0n) is 72.3. The van der Waals surface area contributed by atoms with Gasteiger partial charge in [-0.25, -0.2) is 24.9 Å². The number of benzene rings is 5. The Morgan fingerprint density at radius 1 is 0.365 bits per heavy atom. The Kier molecular flexibility index (Phi) is 29.2. The van der Waals surface area contributed by atoms with Crippen LogP contribution in [0, 0.1) is 34.6 Å². The summed E-state index contributed by atoms with van der Waals surface area (Å²) in [4.78, 5) is 67.1. The molecule has 15 heterocycles. The number of H-pyrrole nitrogens is 5. The van der Waals surface area contributed by atoms with E-state index in [1.54, 1.807) is 125 Å². The van der Waals surface area contributed by atoms with E-state index in [9.17, 15) is 0 Å². The third-order valence-corrected chi connectivity index (χ3v) is 26.2. The highest BCUT2D eigenvalue weighted by Crippen LogP contribution is 2.40. The fourth-order valence-corrected chi connectivity index (χ4v) is 19.4. The van der Waals surface area contributed by atoms with E-state index in [-0.39, 0.29) is 0 Å². The maximum absolute atomic E-state index is 5.86. The average Bonchev–Trinajstić information content (AvgIpc) is 1.65. The van der Waals surface area contributed by atoms with E-state index in [2.05, 4.69) is 139 Å². The number of aromatic amines is 5. The largest absolute Gasteiger partial charge is 0.496 e. The van der Waals surface area contributed by atoms with Crippen LogP contribution in [0.4, 0.5) is 0 Å². The summed E-state index contributed by atoms with van der Waals surface area (Å²) in [7, 11) is 8.34. The number of pyridine rings is 5. The van der Waals surface area contributed by atoms with Crippen LogP contribution in [0.1, 0.15) is 109 Å². The van der Waals surface area contributed by atoms with Gasteiger partial charge in [-0.15, -0.1) is 0 Å². The fourth-order valence-electron chi connectivity index (χ4n) is 15.0. The second-order valence-electron chi connectivity index (χ2n) is 30.0. The number of rotatable bonds is 30. The number of ether oxygens (including phenoxy) is 12. The molecule has 0 amide bonds. The first-order valence-electron chi connectivity index (χ1n) is 41.7. The minimum absolute atomic E-state index is 0.635. The van der Waals surface area contributed by atoms with Gasteiger partial charge in [0, 0.05) is 196 Å². The van der Waals surface area contributed by atoms with Crippen LogP contribution in [0.2, 0.25) is 0 Å². The van der Waals surface area contributed by atoms with Crippen LogP contribution >= 0.6 is 58.8 Å². The first-order valence-corrected chi connectivity index (χ1v) is 46.6. The topological polar surface area (TPSA) is 331 Å². The van der Waals surface area contributed by atoms with Gasteiger partial charge in [0.25, 0.3) is 0 Å². The lowest BCUT2D eigenvalue weighted by molar-refractivity contribution is 0.171. The van der Waals surface area contributed by atoms with Crippen molar-refractivity contribution in [3.05, 3.63) is 206 Å². The second kappa shape index (κ2) is 41.8. The number of thioether (sulfide) groups is 5. The van der Waals surface area contributed by atoms with Crippen LogP contribution < -0.4 is 47.4 Å². The SMILES string of the molecule is CCOc1ccnc(CSc2nc3cc4c(cc3[nH]2)CCO4)c1C.COCCCOc1ccnc(CSc2nc3c4c(ccc3[nH]2)CN=C4)c1C.COCCCOc1ccnc(CSc2nc3cc4c(cc3[nH]2)CCO4)c1C.COc1c(C)cnc(CSc2nc3cc4c(cc3[nH]2)CCO4)c1C.COc1ccnc(CSc2nc3cc4c(cc3[nH]2)CCO4)c1OC. The van der Waals surface area contributed by atoms with Crippen molar-refractivity contribution in [1.82, 2.24) is 74.8 Å². The predicted molar refractivity (Wildman–Crippen MR) is 496 cm³/mol. The minimum Gasteiger partial charge on any atom is -0.496 e. The molecule has 15 aromatic rings. The lowest BCUT2D eigenvalue weighted by Crippen LogP contribution is -2.04. The predicted octanol–water partition coefficient (Wildman–Crippen LogP) is 18.7. The molecule has 0 aliphatic carbocycles. The lowest BCUT2D eigenvalue weighted by atomic mass is 10.1. The molecule has 0 bridgehead atoms. The van der Waals surface area contributed by atoms with Gasteiger partial charge in [0.2, 0.25) is 0 Å². The van der Waals surface area contributed by atoms with Gasteiger partial charge in [0.05, 0.1) is 158 Å². The standard InChI is InChI=1S/C20H22N4O2S.C20H23N3O3S.2C18H19N3O2S.C17H17N3O3S/c1-13-17(22-7-6-18(13)26-9-3-8-25-2)12-27-20-23-16-5-4-14-10-21-11-15(14)19(16)24-20;1-13-17(21-6-4-18(13)25-8-3-7-24-2)12-27-20-22-15-10-14-5-9-26-19(14)11-16(15)23-20;1-10-8-19-15(11(2)17(10)22-3)9-24-18-20-13-6-12-4-5-23-16(12)7-14(13)21-18;1-3-22-16-4-6-19-15(11(16)2)10-24-18-20-13-8-12-5-7-23-17(12)9-14(13)21-18;1-21-14-3-5-18-13(16(14)22-2)9-24-17-19-11-7-10-4-6-23-15(10)8-12(11)20-17/h4-7,11H,3,8-10,12H2,1-2H3,(H,23,24);4,6,10-11H,3,5,7-9,12H2,1-2H3,(H,22,23);6-8H,4-5,9H2,1-3H3,(H,20,21);4,6,8-9H,3,5,7,10H2,1-2H3,(H,20,21);3,5,7-8H,4,6,9H2,1-2H3,(H,19,20). The van der Waals surface area contributed by atoms with Gasteiger partial charge in [0.1, 0.15) is 46.0 Å².